The summed E-state index contributed by atoms with van der Waals surface area (Å²) >= 11 is 1.59. The maximum absolute atomic E-state index is 6.19. The summed E-state index contributed by atoms with van der Waals surface area (Å²) in [7, 11) is 4.18. The number of imidazole rings is 1. The first kappa shape index (κ1) is 27.7. The maximum atomic E-state index is 6.19. The molecule has 0 fully saturated rings. The van der Waals surface area contributed by atoms with E-state index in [1.165, 1.54) is 5.56 Å². The summed E-state index contributed by atoms with van der Waals surface area (Å²) in [5.74, 6) is 2.46. The van der Waals surface area contributed by atoms with Crippen LogP contribution in [0.5, 0.6) is 5.75 Å². The molecule has 0 saturated heterocycles. The van der Waals surface area contributed by atoms with E-state index in [0.29, 0.717) is 12.4 Å². The number of amidine groups is 1. The Labute approximate surface area is 217 Å². The SMILES string of the molecule is CCOc1ccc(Cc2nc3cc(N=C(N)c4cccs4)ccc3n2CCN(C)C)cc1.Cl.Cl. The van der Waals surface area contributed by atoms with Gasteiger partial charge in [0, 0.05) is 19.5 Å². The lowest BCUT2D eigenvalue weighted by Gasteiger charge is -2.13. The molecule has 2 aromatic heterocycles. The van der Waals surface area contributed by atoms with Crippen LogP contribution in [0.2, 0.25) is 0 Å². The van der Waals surface area contributed by atoms with Gasteiger partial charge in [-0.2, -0.15) is 0 Å². The minimum atomic E-state index is 0. The van der Waals surface area contributed by atoms with Crippen molar-refractivity contribution in [3.05, 3.63) is 76.2 Å². The van der Waals surface area contributed by atoms with Crippen molar-refractivity contribution in [2.24, 2.45) is 10.7 Å². The zero-order valence-electron chi connectivity index (χ0n) is 19.6. The molecule has 2 heterocycles. The predicted octanol–water partition coefficient (Wildman–Crippen LogP) is 5.53. The lowest BCUT2D eigenvalue weighted by atomic mass is 10.1. The fourth-order valence-electron chi connectivity index (χ4n) is 3.59. The molecule has 2 N–H and O–H groups in total. The first-order valence-electron chi connectivity index (χ1n) is 10.8. The van der Waals surface area contributed by atoms with Crippen molar-refractivity contribution >= 4 is 58.7 Å². The standard InChI is InChI=1S/C25H29N5OS.2ClH/c1-4-31-20-10-7-18(8-11-20)16-24-28-21-17-19(27-25(26)23-6-5-15-32-23)9-12-22(21)30(24)14-13-29(2)3;;/h5-12,15,17H,4,13-14,16H2,1-3H3,(H2,26,27);2*1H. The molecule has 182 valence electrons. The summed E-state index contributed by atoms with van der Waals surface area (Å²) in [6, 6.07) is 18.3. The van der Waals surface area contributed by atoms with Gasteiger partial charge in [-0.1, -0.05) is 18.2 Å². The second-order valence-electron chi connectivity index (χ2n) is 7.88. The average Bonchev–Trinajstić information content (AvgIpc) is 3.42. The number of rotatable bonds is 9. The highest BCUT2D eigenvalue weighted by Crippen LogP contribution is 2.25. The van der Waals surface area contributed by atoms with Gasteiger partial charge in [-0.05, 0) is 68.4 Å². The van der Waals surface area contributed by atoms with Gasteiger partial charge in [-0.25, -0.2) is 9.98 Å². The van der Waals surface area contributed by atoms with Crippen LogP contribution >= 0.6 is 36.2 Å². The molecule has 0 amide bonds. The summed E-state index contributed by atoms with van der Waals surface area (Å²) in [5, 5.41) is 2.00. The van der Waals surface area contributed by atoms with Gasteiger partial charge in [0.1, 0.15) is 17.4 Å². The Hall–Kier alpha value is -2.58. The molecule has 4 rings (SSSR count). The number of fused-ring (bicyclic) bond motifs is 1. The number of nitrogens with two attached hydrogens (primary N) is 1. The molecule has 6 nitrogen and oxygen atoms in total. The van der Waals surface area contributed by atoms with E-state index in [4.69, 9.17) is 15.5 Å². The number of likely N-dealkylation sites (N-methyl/N-ethyl adjacent to an activating group) is 1. The molecule has 0 bridgehead atoms. The van der Waals surface area contributed by atoms with Crippen LogP contribution < -0.4 is 10.5 Å². The predicted molar refractivity (Wildman–Crippen MR) is 148 cm³/mol. The fourth-order valence-corrected chi connectivity index (χ4v) is 4.22. The molecule has 4 aromatic rings. The van der Waals surface area contributed by atoms with E-state index in [1.807, 2.05) is 48.7 Å². The van der Waals surface area contributed by atoms with Crippen LogP contribution in [0.4, 0.5) is 5.69 Å². The normalized spacial score (nSPS) is 11.4. The van der Waals surface area contributed by atoms with E-state index in [1.54, 1.807) is 11.3 Å². The van der Waals surface area contributed by atoms with Crippen LogP contribution in [0.25, 0.3) is 11.0 Å². The Balaban J connectivity index is 0.00000204. The van der Waals surface area contributed by atoms with E-state index in [9.17, 15) is 0 Å². The van der Waals surface area contributed by atoms with Crippen molar-refractivity contribution in [3.63, 3.8) is 0 Å². The number of ether oxygens (including phenoxy) is 1. The molecular formula is C25H31Cl2N5OS. The van der Waals surface area contributed by atoms with Gasteiger partial charge < -0.3 is 19.9 Å². The molecule has 0 radical (unpaired) electrons. The van der Waals surface area contributed by atoms with Crippen molar-refractivity contribution in [1.29, 1.82) is 0 Å². The van der Waals surface area contributed by atoms with E-state index < -0.39 is 0 Å². The lowest BCUT2D eigenvalue weighted by Crippen LogP contribution is -2.19. The molecule has 0 aliphatic rings. The minimum absolute atomic E-state index is 0. The largest absolute Gasteiger partial charge is 0.494 e. The Morgan fingerprint density at radius 1 is 1.12 bits per heavy atom. The van der Waals surface area contributed by atoms with Gasteiger partial charge in [-0.15, -0.1) is 36.2 Å². The molecule has 0 aliphatic heterocycles. The van der Waals surface area contributed by atoms with Gasteiger partial charge in [0.25, 0.3) is 0 Å². The number of benzene rings is 2. The summed E-state index contributed by atoms with van der Waals surface area (Å²) in [4.78, 5) is 12.7. The topological polar surface area (TPSA) is 68.7 Å². The number of hydrogen-bond donors (Lipinski definition) is 1. The Bertz CT molecular complexity index is 1200. The van der Waals surface area contributed by atoms with E-state index >= 15 is 0 Å². The van der Waals surface area contributed by atoms with Crippen LogP contribution in [-0.2, 0) is 13.0 Å². The second-order valence-corrected chi connectivity index (χ2v) is 8.83. The fraction of sp³-hybridized carbons (Fsp3) is 0.280. The van der Waals surface area contributed by atoms with E-state index in [0.717, 1.165) is 52.7 Å². The third-order valence-corrected chi connectivity index (χ3v) is 6.09. The van der Waals surface area contributed by atoms with Gasteiger partial charge >= 0.3 is 0 Å². The molecule has 0 spiro atoms. The Morgan fingerprint density at radius 3 is 2.53 bits per heavy atom. The quantitative estimate of drug-likeness (QED) is 0.233. The molecule has 0 atom stereocenters. The van der Waals surface area contributed by atoms with Gasteiger partial charge in [-0.3, -0.25) is 0 Å². The van der Waals surface area contributed by atoms with Crippen LogP contribution in [0.3, 0.4) is 0 Å². The van der Waals surface area contributed by atoms with Crippen molar-refractivity contribution in [1.82, 2.24) is 14.5 Å². The highest BCUT2D eigenvalue weighted by atomic mass is 35.5. The van der Waals surface area contributed by atoms with E-state index in [2.05, 4.69) is 46.8 Å². The molecule has 0 aliphatic carbocycles. The first-order valence-corrected chi connectivity index (χ1v) is 11.6. The highest BCUT2D eigenvalue weighted by Gasteiger charge is 2.13. The van der Waals surface area contributed by atoms with Gasteiger partial charge in [0.2, 0.25) is 0 Å². The van der Waals surface area contributed by atoms with Gasteiger partial charge in [0.05, 0.1) is 28.2 Å². The maximum Gasteiger partial charge on any atom is 0.141 e. The van der Waals surface area contributed by atoms with Crippen LogP contribution in [0.1, 0.15) is 23.2 Å². The molecule has 0 unspecified atom stereocenters. The van der Waals surface area contributed by atoms with Crippen molar-refractivity contribution in [2.45, 2.75) is 19.9 Å². The smallest absolute Gasteiger partial charge is 0.141 e. The second kappa shape index (κ2) is 12.8. The monoisotopic (exact) mass is 519 g/mol. The summed E-state index contributed by atoms with van der Waals surface area (Å²) in [6.07, 6.45) is 0.754. The van der Waals surface area contributed by atoms with Gasteiger partial charge in [0.15, 0.2) is 0 Å². The summed E-state index contributed by atoms with van der Waals surface area (Å²) in [5.41, 5.74) is 10.3. The summed E-state index contributed by atoms with van der Waals surface area (Å²) < 4.78 is 7.88. The zero-order chi connectivity index (χ0) is 22.5. The highest BCUT2D eigenvalue weighted by molar-refractivity contribution is 7.12. The molecular weight excluding hydrogens is 489 g/mol. The number of aromatic nitrogens is 2. The van der Waals surface area contributed by atoms with Crippen LogP contribution in [-0.4, -0.2) is 47.5 Å². The summed E-state index contributed by atoms with van der Waals surface area (Å²) in [6.45, 7) is 4.47. The Morgan fingerprint density at radius 2 is 1.88 bits per heavy atom. The number of hydrogen-bond acceptors (Lipinski definition) is 5. The van der Waals surface area contributed by atoms with Crippen LogP contribution in [0.15, 0.2) is 65.0 Å². The minimum Gasteiger partial charge on any atom is -0.494 e. The number of thiophene rings is 1. The first-order chi connectivity index (χ1) is 15.5. The Kier molecular flexibility index (Phi) is 10.4. The molecule has 9 heteroatoms. The number of nitrogens with zero attached hydrogens (tertiary/aromatic N) is 4. The molecule has 2 aromatic carbocycles. The average molecular weight is 521 g/mol. The van der Waals surface area contributed by atoms with E-state index in [-0.39, 0.29) is 24.8 Å². The zero-order valence-corrected chi connectivity index (χ0v) is 22.1. The molecule has 34 heavy (non-hydrogen) atoms. The number of aliphatic imine (C=N–C) groups is 1. The van der Waals surface area contributed by atoms with Crippen molar-refractivity contribution in [2.75, 3.05) is 27.2 Å². The van der Waals surface area contributed by atoms with Crippen molar-refractivity contribution in [3.8, 4) is 5.75 Å². The number of halogens is 2. The van der Waals surface area contributed by atoms with Crippen molar-refractivity contribution < 1.29 is 4.74 Å². The van der Waals surface area contributed by atoms with Crippen LogP contribution in [0, 0.1) is 0 Å². The molecule has 0 saturated carbocycles. The third kappa shape index (κ3) is 6.73. The third-order valence-electron chi connectivity index (χ3n) is 5.20. The lowest BCUT2D eigenvalue weighted by molar-refractivity contribution is 0.340.